The molecule has 0 aliphatic rings. The number of hydrogen-bond donors (Lipinski definition) is 0. The van der Waals surface area contributed by atoms with Crippen molar-refractivity contribution in [2.24, 2.45) is 0 Å². The Bertz CT molecular complexity index is 226. The Morgan fingerprint density at radius 1 is 0.762 bits per heavy atom. The fourth-order valence-corrected chi connectivity index (χ4v) is 2.62. The molecule has 1 atom stereocenters. The predicted molar refractivity (Wildman–Crippen MR) is 91.5 cm³/mol. The molecule has 0 N–H and O–H groups in total. The maximum absolute atomic E-state index is 11.8. The average Bonchev–Trinajstić information content (AvgIpc) is 2.49. The average molecular weight is 299 g/mol. The predicted octanol–water partition coefficient (Wildman–Crippen LogP) is 6.42. The van der Waals surface area contributed by atoms with Gasteiger partial charge in [-0.2, -0.15) is 0 Å². The van der Waals surface area contributed by atoms with Gasteiger partial charge in [0.1, 0.15) is 6.10 Å². The third kappa shape index (κ3) is 14.2. The molecule has 0 aromatic carbocycles. The van der Waals surface area contributed by atoms with E-state index in [9.17, 15) is 4.79 Å². The third-order valence-electron chi connectivity index (χ3n) is 4.12. The summed E-state index contributed by atoms with van der Waals surface area (Å²) in [5, 5.41) is 0. The van der Waals surface area contributed by atoms with Gasteiger partial charge in [-0.1, -0.05) is 78.6 Å². The Morgan fingerprint density at radius 3 is 1.86 bits per heavy atom. The topological polar surface area (TPSA) is 26.3 Å². The second-order valence-electron chi connectivity index (χ2n) is 6.24. The van der Waals surface area contributed by atoms with Crippen molar-refractivity contribution >= 4 is 5.97 Å². The van der Waals surface area contributed by atoms with E-state index in [1.54, 1.807) is 0 Å². The lowest BCUT2D eigenvalue weighted by atomic mass is 10.1. The third-order valence-corrected chi connectivity index (χ3v) is 4.12. The molecule has 0 heterocycles. The molecular weight excluding hydrogens is 260 g/mol. The number of rotatable bonds is 15. The summed E-state index contributed by atoms with van der Waals surface area (Å²) < 4.78 is 5.59. The summed E-state index contributed by atoms with van der Waals surface area (Å²) in [6.07, 6.45) is 16.5. The summed E-state index contributed by atoms with van der Waals surface area (Å²) >= 11 is 0. The van der Waals surface area contributed by atoms with E-state index >= 15 is 0 Å². The van der Waals surface area contributed by atoms with E-state index in [-0.39, 0.29) is 12.1 Å². The summed E-state index contributed by atoms with van der Waals surface area (Å²) in [5.74, 6) is 0.0179. The fraction of sp³-hybridized carbons (Fsp3) is 0.947. The number of ether oxygens (including phenoxy) is 1. The van der Waals surface area contributed by atoms with E-state index < -0.39 is 0 Å². The Morgan fingerprint density at radius 2 is 1.29 bits per heavy atom. The molecule has 0 saturated heterocycles. The van der Waals surface area contributed by atoms with Crippen molar-refractivity contribution < 1.29 is 9.53 Å². The smallest absolute Gasteiger partial charge is 0.306 e. The second-order valence-corrected chi connectivity index (χ2v) is 6.24. The monoisotopic (exact) mass is 298 g/mol. The van der Waals surface area contributed by atoms with Crippen molar-refractivity contribution in [2.45, 2.75) is 117 Å². The van der Waals surface area contributed by atoms with Gasteiger partial charge >= 0.3 is 5.97 Å². The van der Waals surface area contributed by atoms with Crippen LogP contribution in [0, 0.1) is 0 Å². The molecule has 0 aromatic heterocycles. The van der Waals surface area contributed by atoms with Crippen LogP contribution >= 0.6 is 0 Å². The van der Waals surface area contributed by atoms with Gasteiger partial charge in [0.2, 0.25) is 0 Å². The van der Waals surface area contributed by atoms with Crippen LogP contribution in [-0.4, -0.2) is 12.1 Å². The first kappa shape index (κ1) is 20.5. The van der Waals surface area contributed by atoms with Crippen molar-refractivity contribution in [2.75, 3.05) is 0 Å². The highest BCUT2D eigenvalue weighted by Crippen LogP contribution is 2.14. The number of hydrogen-bond acceptors (Lipinski definition) is 2. The SMILES string of the molecule is CCCCCCCCC(CC)OC(=O)CCCCCCC. The highest BCUT2D eigenvalue weighted by Gasteiger charge is 2.11. The van der Waals surface area contributed by atoms with Crippen LogP contribution in [0.3, 0.4) is 0 Å². The molecule has 2 heteroatoms. The van der Waals surface area contributed by atoms with E-state index in [1.807, 2.05) is 0 Å². The maximum Gasteiger partial charge on any atom is 0.306 e. The van der Waals surface area contributed by atoms with Crippen molar-refractivity contribution in [3.8, 4) is 0 Å². The van der Waals surface area contributed by atoms with Crippen molar-refractivity contribution in [1.82, 2.24) is 0 Å². The largest absolute Gasteiger partial charge is 0.462 e. The van der Waals surface area contributed by atoms with Crippen molar-refractivity contribution in [3.63, 3.8) is 0 Å². The molecule has 0 aromatic rings. The van der Waals surface area contributed by atoms with Crippen LogP contribution in [0.4, 0.5) is 0 Å². The summed E-state index contributed by atoms with van der Waals surface area (Å²) in [7, 11) is 0. The molecule has 126 valence electrons. The van der Waals surface area contributed by atoms with Crippen LogP contribution in [0.2, 0.25) is 0 Å². The highest BCUT2D eigenvalue weighted by atomic mass is 16.5. The van der Waals surface area contributed by atoms with Gasteiger partial charge in [0, 0.05) is 6.42 Å². The van der Waals surface area contributed by atoms with Crippen LogP contribution in [-0.2, 0) is 9.53 Å². The lowest BCUT2D eigenvalue weighted by molar-refractivity contribution is -0.149. The molecule has 0 amide bonds. The van der Waals surface area contributed by atoms with Gasteiger partial charge in [-0.3, -0.25) is 4.79 Å². The van der Waals surface area contributed by atoms with Crippen LogP contribution in [0.1, 0.15) is 111 Å². The van der Waals surface area contributed by atoms with Crippen LogP contribution in [0.25, 0.3) is 0 Å². The van der Waals surface area contributed by atoms with Gasteiger partial charge in [-0.25, -0.2) is 0 Å². The number of carbonyl (C=O) groups is 1. The second kappa shape index (κ2) is 15.9. The zero-order valence-electron chi connectivity index (χ0n) is 14.8. The van der Waals surface area contributed by atoms with Gasteiger partial charge in [0.05, 0.1) is 0 Å². The van der Waals surface area contributed by atoms with Crippen LogP contribution in [0.15, 0.2) is 0 Å². The summed E-state index contributed by atoms with van der Waals surface area (Å²) in [6, 6.07) is 0. The molecule has 0 radical (unpaired) electrons. The lowest BCUT2D eigenvalue weighted by Crippen LogP contribution is -2.17. The van der Waals surface area contributed by atoms with E-state index in [0.717, 1.165) is 25.7 Å². The summed E-state index contributed by atoms with van der Waals surface area (Å²) in [4.78, 5) is 11.8. The van der Waals surface area contributed by atoms with E-state index in [1.165, 1.54) is 57.8 Å². The molecule has 0 rings (SSSR count). The molecule has 21 heavy (non-hydrogen) atoms. The van der Waals surface area contributed by atoms with Gasteiger partial charge in [-0.15, -0.1) is 0 Å². The Labute approximate surface area is 133 Å². The lowest BCUT2D eigenvalue weighted by Gasteiger charge is -2.16. The zero-order chi connectivity index (χ0) is 15.8. The van der Waals surface area contributed by atoms with Gasteiger partial charge < -0.3 is 4.74 Å². The molecule has 0 bridgehead atoms. The molecule has 0 fully saturated rings. The van der Waals surface area contributed by atoms with Crippen LogP contribution in [0.5, 0.6) is 0 Å². The zero-order valence-corrected chi connectivity index (χ0v) is 14.8. The molecular formula is C19H38O2. The first-order valence-electron chi connectivity index (χ1n) is 9.44. The fourth-order valence-electron chi connectivity index (χ4n) is 2.62. The van der Waals surface area contributed by atoms with E-state index in [4.69, 9.17) is 4.74 Å². The van der Waals surface area contributed by atoms with Crippen molar-refractivity contribution in [3.05, 3.63) is 0 Å². The molecule has 1 unspecified atom stereocenters. The molecule has 0 spiro atoms. The standard InChI is InChI=1S/C19H38O2/c1-4-7-9-11-13-14-16-18(6-3)21-19(20)17-15-12-10-8-5-2/h18H,4-17H2,1-3H3. The van der Waals surface area contributed by atoms with Gasteiger partial charge in [0.15, 0.2) is 0 Å². The normalized spacial score (nSPS) is 12.3. The molecule has 0 aliphatic carbocycles. The molecule has 0 aliphatic heterocycles. The minimum atomic E-state index is 0.0179. The quantitative estimate of drug-likeness (QED) is 0.257. The summed E-state index contributed by atoms with van der Waals surface area (Å²) in [6.45, 7) is 6.58. The van der Waals surface area contributed by atoms with E-state index in [2.05, 4.69) is 20.8 Å². The summed E-state index contributed by atoms with van der Waals surface area (Å²) in [5.41, 5.74) is 0. The van der Waals surface area contributed by atoms with Crippen LogP contribution < -0.4 is 0 Å². The number of carbonyl (C=O) groups excluding carboxylic acids is 1. The van der Waals surface area contributed by atoms with E-state index in [0.29, 0.717) is 6.42 Å². The van der Waals surface area contributed by atoms with Gasteiger partial charge in [-0.05, 0) is 25.7 Å². The first-order chi connectivity index (χ1) is 10.2. The number of unbranched alkanes of at least 4 members (excludes halogenated alkanes) is 9. The molecule has 2 nitrogen and oxygen atoms in total. The highest BCUT2D eigenvalue weighted by molar-refractivity contribution is 5.69. The molecule has 0 saturated carbocycles. The minimum absolute atomic E-state index is 0.0179. The van der Waals surface area contributed by atoms with Crippen molar-refractivity contribution in [1.29, 1.82) is 0 Å². The minimum Gasteiger partial charge on any atom is -0.462 e. The maximum atomic E-state index is 11.8. The number of esters is 1. The first-order valence-corrected chi connectivity index (χ1v) is 9.44. The Balaban J connectivity index is 3.55. The Kier molecular flexibility index (Phi) is 15.5. The van der Waals surface area contributed by atoms with Gasteiger partial charge in [0.25, 0.3) is 0 Å². The Hall–Kier alpha value is -0.530.